The summed E-state index contributed by atoms with van der Waals surface area (Å²) in [5.41, 5.74) is -0.223. The van der Waals surface area contributed by atoms with Gasteiger partial charge in [0.1, 0.15) is 11.3 Å². The molecule has 17 heavy (non-hydrogen) atoms. The Hall–Kier alpha value is -1.78. The van der Waals surface area contributed by atoms with Crippen molar-refractivity contribution in [1.29, 1.82) is 0 Å². The molecule has 0 fully saturated rings. The first-order valence-electron chi connectivity index (χ1n) is 5.12. The Balaban J connectivity index is 3.31. The van der Waals surface area contributed by atoms with Crippen LogP contribution in [0.3, 0.4) is 0 Å². The molecule has 0 aliphatic carbocycles. The lowest BCUT2D eigenvalue weighted by atomic mass is 9.93. The van der Waals surface area contributed by atoms with Crippen molar-refractivity contribution in [2.45, 2.75) is 26.2 Å². The summed E-state index contributed by atoms with van der Waals surface area (Å²) in [5, 5.41) is 0. The maximum atomic E-state index is 11.5. The van der Waals surface area contributed by atoms with Gasteiger partial charge < -0.3 is 13.9 Å². The average Bonchev–Trinajstić information content (AvgIpc) is 2.71. The van der Waals surface area contributed by atoms with E-state index in [1.165, 1.54) is 20.3 Å². The summed E-state index contributed by atoms with van der Waals surface area (Å²) in [5.74, 6) is -0.909. The van der Waals surface area contributed by atoms with Gasteiger partial charge in [0.15, 0.2) is 0 Å². The number of carbonyl (C=O) groups is 2. The molecule has 0 unspecified atom stereocenters. The standard InChI is InChI=1S/C12H16O5/c1-12(2,3)8-6-7(10(13)15-4)9(17-8)11(14)16-5/h6H,1-5H3. The van der Waals surface area contributed by atoms with E-state index in [0.717, 1.165) is 0 Å². The highest BCUT2D eigenvalue weighted by Crippen LogP contribution is 2.28. The van der Waals surface area contributed by atoms with Crippen molar-refractivity contribution in [2.24, 2.45) is 0 Å². The Labute approximate surface area is 99.7 Å². The molecule has 1 rings (SSSR count). The maximum Gasteiger partial charge on any atom is 0.374 e. The van der Waals surface area contributed by atoms with E-state index in [1.54, 1.807) is 0 Å². The molecule has 5 nitrogen and oxygen atoms in total. The van der Waals surface area contributed by atoms with Crippen LogP contribution in [-0.2, 0) is 14.9 Å². The number of carbonyl (C=O) groups excluding carboxylic acids is 2. The van der Waals surface area contributed by atoms with E-state index in [1.807, 2.05) is 20.8 Å². The molecule has 94 valence electrons. The van der Waals surface area contributed by atoms with Crippen LogP contribution in [0.25, 0.3) is 0 Å². The summed E-state index contributed by atoms with van der Waals surface area (Å²) < 4.78 is 14.5. The molecule has 0 bridgehead atoms. The number of rotatable bonds is 2. The predicted molar refractivity (Wildman–Crippen MR) is 60.1 cm³/mol. The molecule has 0 aliphatic rings. The van der Waals surface area contributed by atoms with Gasteiger partial charge in [0, 0.05) is 5.41 Å². The topological polar surface area (TPSA) is 65.7 Å². The normalized spacial score (nSPS) is 11.1. The Morgan fingerprint density at radius 1 is 1.12 bits per heavy atom. The average molecular weight is 240 g/mol. The number of methoxy groups -OCH3 is 2. The Morgan fingerprint density at radius 3 is 2.06 bits per heavy atom. The maximum absolute atomic E-state index is 11.5. The van der Waals surface area contributed by atoms with Crippen molar-refractivity contribution >= 4 is 11.9 Å². The zero-order chi connectivity index (χ0) is 13.2. The van der Waals surface area contributed by atoms with E-state index >= 15 is 0 Å². The molecule has 0 amide bonds. The third kappa shape index (κ3) is 2.67. The summed E-state index contributed by atoms with van der Waals surface area (Å²) in [6.45, 7) is 5.73. The fourth-order valence-corrected chi connectivity index (χ4v) is 1.27. The first-order chi connectivity index (χ1) is 7.81. The minimum atomic E-state index is -0.694. The predicted octanol–water partition coefficient (Wildman–Crippen LogP) is 2.15. The molecule has 1 heterocycles. The molecule has 1 aromatic rings. The van der Waals surface area contributed by atoms with Crippen LogP contribution >= 0.6 is 0 Å². The minimum Gasteiger partial charge on any atom is -0.465 e. The SMILES string of the molecule is COC(=O)c1cc(C(C)(C)C)oc1C(=O)OC. The molecule has 0 aromatic carbocycles. The van der Waals surface area contributed by atoms with E-state index in [0.29, 0.717) is 5.76 Å². The summed E-state index contributed by atoms with van der Waals surface area (Å²) >= 11 is 0. The highest BCUT2D eigenvalue weighted by molar-refractivity contribution is 6.01. The van der Waals surface area contributed by atoms with Crippen LogP contribution in [0.4, 0.5) is 0 Å². The van der Waals surface area contributed by atoms with Crippen molar-refractivity contribution in [3.05, 3.63) is 23.2 Å². The van der Waals surface area contributed by atoms with E-state index in [9.17, 15) is 9.59 Å². The van der Waals surface area contributed by atoms with Gasteiger partial charge in [-0.1, -0.05) is 20.8 Å². The molecule has 0 aliphatic heterocycles. The van der Waals surface area contributed by atoms with Gasteiger partial charge in [-0.25, -0.2) is 9.59 Å². The number of furan rings is 1. The Bertz CT molecular complexity index is 403. The van der Waals surface area contributed by atoms with Gasteiger partial charge in [0.2, 0.25) is 5.76 Å². The van der Waals surface area contributed by atoms with Gasteiger partial charge in [-0.15, -0.1) is 0 Å². The quantitative estimate of drug-likeness (QED) is 0.741. The fourth-order valence-electron chi connectivity index (χ4n) is 1.27. The van der Waals surface area contributed by atoms with Gasteiger partial charge in [-0.2, -0.15) is 0 Å². The van der Waals surface area contributed by atoms with Crippen LogP contribution in [0.2, 0.25) is 0 Å². The molecule has 0 N–H and O–H groups in total. The summed E-state index contributed by atoms with van der Waals surface area (Å²) in [7, 11) is 2.47. The summed E-state index contributed by atoms with van der Waals surface area (Å²) in [6.07, 6.45) is 0. The van der Waals surface area contributed by atoms with Gasteiger partial charge in [-0.05, 0) is 6.07 Å². The summed E-state index contributed by atoms with van der Waals surface area (Å²) in [6, 6.07) is 1.51. The van der Waals surface area contributed by atoms with Crippen molar-refractivity contribution in [3.8, 4) is 0 Å². The number of hydrogen-bond donors (Lipinski definition) is 0. The highest BCUT2D eigenvalue weighted by atomic mass is 16.5. The van der Waals surface area contributed by atoms with Crippen LogP contribution in [-0.4, -0.2) is 26.2 Å². The van der Waals surface area contributed by atoms with E-state index in [4.69, 9.17) is 4.42 Å². The molecular formula is C12H16O5. The second-order valence-electron chi connectivity index (χ2n) is 4.59. The molecule has 0 spiro atoms. The number of ether oxygens (including phenoxy) is 2. The largest absolute Gasteiger partial charge is 0.465 e. The van der Waals surface area contributed by atoms with Crippen LogP contribution in [0, 0.1) is 0 Å². The van der Waals surface area contributed by atoms with Crippen LogP contribution < -0.4 is 0 Å². The summed E-state index contributed by atoms with van der Waals surface area (Å²) in [4.78, 5) is 23.0. The zero-order valence-corrected chi connectivity index (χ0v) is 10.6. The minimum absolute atomic E-state index is 0.0873. The molecule has 0 saturated heterocycles. The third-order valence-corrected chi connectivity index (χ3v) is 2.25. The zero-order valence-electron chi connectivity index (χ0n) is 10.6. The van der Waals surface area contributed by atoms with Gasteiger partial charge >= 0.3 is 11.9 Å². The monoisotopic (exact) mass is 240 g/mol. The van der Waals surface area contributed by atoms with Crippen LogP contribution in [0.15, 0.2) is 10.5 Å². The Morgan fingerprint density at radius 2 is 1.65 bits per heavy atom. The van der Waals surface area contributed by atoms with E-state index in [2.05, 4.69) is 9.47 Å². The first kappa shape index (κ1) is 13.3. The highest BCUT2D eigenvalue weighted by Gasteiger charge is 2.29. The van der Waals surface area contributed by atoms with Crippen molar-refractivity contribution in [3.63, 3.8) is 0 Å². The van der Waals surface area contributed by atoms with E-state index in [-0.39, 0.29) is 16.7 Å². The van der Waals surface area contributed by atoms with Crippen molar-refractivity contribution in [2.75, 3.05) is 14.2 Å². The molecule has 0 atom stereocenters. The van der Waals surface area contributed by atoms with Gasteiger partial charge in [0.05, 0.1) is 14.2 Å². The first-order valence-corrected chi connectivity index (χ1v) is 5.12. The van der Waals surface area contributed by atoms with Gasteiger partial charge in [-0.3, -0.25) is 0 Å². The van der Waals surface area contributed by atoms with Crippen LogP contribution in [0.5, 0.6) is 0 Å². The molecule has 1 aromatic heterocycles. The molecule has 0 saturated carbocycles. The fraction of sp³-hybridized carbons (Fsp3) is 0.500. The lowest BCUT2D eigenvalue weighted by Crippen LogP contribution is -2.09. The second kappa shape index (κ2) is 4.61. The molecular weight excluding hydrogens is 224 g/mol. The lowest BCUT2D eigenvalue weighted by molar-refractivity contribution is 0.0526. The smallest absolute Gasteiger partial charge is 0.374 e. The number of hydrogen-bond acceptors (Lipinski definition) is 5. The molecule has 5 heteroatoms. The number of esters is 2. The van der Waals surface area contributed by atoms with Crippen molar-refractivity contribution in [1.82, 2.24) is 0 Å². The van der Waals surface area contributed by atoms with Gasteiger partial charge in [0.25, 0.3) is 0 Å². The van der Waals surface area contributed by atoms with Crippen LogP contribution in [0.1, 0.15) is 47.4 Å². The Kier molecular flexibility index (Phi) is 3.60. The second-order valence-corrected chi connectivity index (χ2v) is 4.59. The lowest BCUT2D eigenvalue weighted by Gasteiger charge is -2.13. The molecule has 0 radical (unpaired) electrons. The third-order valence-electron chi connectivity index (χ3n) is 2.25. The van der Waals surface area contributed by atoms with E-state index < -0.39 is 11.9 Å². The van der Waals surface area contributed by atoms with Crippen molar-refractivity contribution < 1.29 is 23.5 Å².